The van der Waals surface area contributed by atoms with E-state index in [1.165, 1.54) is 51.4 Å². The average Bonchev–Trinajstić information content (AvgIpc) is 2.99. The fourth-order valence-corrected chi connectivity index (χ4v) is 7.56. The molecule has 0 aliphatic heterocycles. The van der Waals surface area contributed by atoms with Crippen molar-refractivity contribution in [2.75, 3.05) is 0 Å². The van der Waals surface area contributed by atoms with Crippen molar-refractivity contribution in [3.63, 3.8) is 0 Å². The van der Waals surface area contributed by atoms with E-state index in [2.05, 4.69) is 6.58 Å². The first kappa shape index (κ1) is 31.1. The summed E-state index contributed by atoms with van der Waals surface area (Å²) in [7, 11) is 0. The molecular formula is C38H48O5. The Labute approximate surface area is 257 Å². The Morgan fingerprint density at radius 1 is 0.837 bits per heavy atom. The number of esters is 1. The summed E-state index contributed by atoms with van der Waals surface area (Å²) in [5.41, 5.74) is 2.69. The minimum atomic E-state index is -0.220. The molecule has 1 N–H and O–H groups in total. The third kappa shape index (κ3) is 9.09. The molecule has 0 radical (unpaired) electrons. The predicted molar refractivity (Wildman–Crippen MR) is 172 cm³/mol. The number of allylic oxidation sites excluding steroid dienone is 2. The molecule has 7 rings (SSSR count). The number of phenolic OH excluding ortho intramolecular Hbond substituents is 1. The lowest BCUT2D eigenvalue weighted by Gasteiger charge is -2.53. The first-order chi connectivity index (χ1) is 20.8. The van der Waals surface area contributed by atoms with E-state index in [1.807, 2.05) is 67.6 Å². The zero-order valence-electron chi connectivity index (χ0n) is 25.8. The van der Waals surface area contributed by atoms with Crippen molar-refractivity contribution >= 4 is 18.1 Å². The molecule has 5 heteroatoms. The standard InChI is InChI=1S/C24H28O3.C14H20O2/c1-19(26-23-9-3-2-4-10-23)27-24-17-13-21(14-18-24)8-6-5-7-20-11-15-22(25)16-12-20;1-8(2)14(15)16-13-11-4-9-3-10(6-11)7-12(13)5-9/h5-8,11-19,23,25H,2-4,9-10H2,1H3;9-13H,1,3-7H2,2H3. The van der Waals surface area contributed by atoms with Gasteiger partial charge in [-0.25, -0.2) is 4.79 Å². The Morgan fingerprint density at radius 3 is 1.91 bits per heavy atom. The molecule has 5 nitrogen and oxygen atoms in total. The van der Waals surface area contributed by atoms with Crippen LogP contribution < -0.4 is 4.74 Å². The summed E-state index contributed by atoms with van der Waals surface area (Å²) >= 11 is 0. The van der Waals surface area contributed by atoms with E-state index in [4.69, 9.17) is 14.2 Å². The molecule has 0 heterocycles. The molecule has 5 aliphatic carbocycles. The molecule has 0 amide bonds. The molecule has 4 bridgehead atoms. The molecule has 5 fully saturated rings. The number of phenols is 1. The molecule has 1 unspecified atom stereocenters. The number of carbonyl (C=O) groups is 1. The number of benzene rings is 2. The van der Waals surface area contributed by atoms with Gasteiger partial charge in [0.2, 0.25) is 0 Å². The maximum Gasteiger partial charge on any atom is 0.333 e. The van der Waals surface area contributed by atoms with Gasteiger partial charge in [-0.15, -0.1) is 0 Å². The second-order valence-electron chi connectivity index (χ2n) is 13.0. The summed E-state index contributed by atoms with van der Waals surface area (Å²) in [6, 6.07) is 15.1. The maximum absolute atomic E-state index is 11.6. The highest BCUT2D eigenvalue weighted by Gasteiger charge is 2.49. The van der Waals surface area contributed by atoms with E-state index in [1.54, 1.807) is 19.1 Å². The number of hydrogen-bond donors (Lipinski definition) is 1. The number of aromatic hydroxyl groups is 1. The van der Waals surface area contributed by atoms with E-state index in [-0.39, 0.29) is 24.1 Å². The van der Waals surface area contributed by atoms with Crippen molar-refractivity contribution in [3.05, 3.63) is 84.0 Å². The minimum absolute atomic E-state index is 0.183. The number of carbonyl (C=O) groups excluding carboxylic acids is 1. The van der Waals surface area contributed by atoms with E-state index in [9.17, 15) is 9.90 Å². The largest absolute Gasteiger partial charge is 0.508 e. The topological polar surface area (TPSA) is 65.0 Å². The van der Waals surface area contributed by atoms with Gasteiger partial charge in [-0.05, 0) is 118 Å². The molecule has 1 atom stereocenters. The van der Waals surface area contributed by atoms with Crippen LogP contribution in [0.25, 0.3) is 12.2 Å². The van der Waals surface area contributed by atoms with Crippen LogP contribution in [0.1, 0.15) is 89.2 Å². The molecule has 0 aromatic heterocycles. The van der Waals surface area contributed by atoms with Crippen LogP contribution in [0, 0.1) is 23.7 Å². The summed E-state index contributed by atoms with van der Waals surface area (Å²) in [5, 5.41) is 9.28. The van der Waals surface area contributed by atoms with Gasteiger partial charge in [0.05, 0.1) is 6.10 Å². The third-order valence-electron chi connectivity index (χ3n) is 9.43. The van der Waals surface area contributed by atoms with Crippen molar-refractivity contribution < 1.29 is 24.1 Å². The van der Waals surface area contributed by atoms with Crippen LogP contribution in [0.4, 0.5) is 0 Å². The lowest BCUT2D eigenvalue weighted by molar-refractivity contribution is -0.166. The highest BCUT2D eigenvalue weighted by atomic mass is 16.7. The smallest absolute Gasteiger partial charge is 0.333 e. The second kappa shape index (κ2) is 14.9. The lowest BCUT2D eigenvalue weighted by atomic mass is 9.55. The van der Waals surface area contributed by atoms with Gasteiger partial charge in [0.1, 0.15) is 17.6 Å². The normalized spacial score (nSPS) is 27.1. The number of hydrogen-bond acceptors (Lipinski definition) is 5. The Balaban J connectivity index is 0.000000194. The molecule has 5 saturated carbocycles. The maximum atomic E-state index is 11.6. The molecule has 2 aromatic rings. The van der Waals surface area contributed by atoms with Crippen LogP contribution >= 0.6 is 0 Å². The number of rotatable bonds is 9. The Morgan fingerprint density at radius 2 is 1.37 bits per heavy atom. The van der Waals surface area contributed by atoms with Gasteiger partial charge >= 0.3 is 5.97 Å². The highest BCUT2D eigenvalue weighted by molar-refractivity contribution is 5.87. The van der Waals surface area contributed by atoms with Crippen LogP contribution in [0.5, 0.6) is 11.5 Å². The van der Waals surface area contributed by atoms with Gasteiger partial charge < -0.3 is 19.3 Å². The monoisotopic (exact) mass is 584 g/mol. The first-order valence-electron chi connectivity index (χ1n) is 16.2. The molecule has 5 aliphatic rings. The Bertz CT molecular complexity index is 1220. The van der Waals surface area contributed by atoms with E-state index >= 15 is 0 Å². The molecule has 0 spiro atoms. The fourth-order valence-electron chi connectivity index (χ4n) is 7.56. The van der Waals surface area contributed by atoms with Crippen LogP contribution in [-0.2, 0) is 14.3 Å². The molecule has 43 heavy (non-hydrogen) atoms. The van der Waals surface area contributed by atoms with Crippen LogP contribution in [0.15, 0.2) is 72.8 Å². The Hall–Kier alpha value is -3.31. The van der Waals surface area contributed by atoms with Crippen LogP contribution in [-0.4, -0.2) is 29.6 Å². The average molecular weight is 585 g/mol. The van der Waals surface area contributed by atoms with Gasteiger partial charge in [0.15, 0.2) is 6.29 Å². The van der Waals surface area contributed by atoms with E-state index < -0.39 is 0 Å². The van der Waals surface area contributed by atoms with Crippen molar-refractivity contribution in [3.8, 4) is 11.5 Å². The zero-order valence-corrected chi connectivity index (χ0v) is 25.8. The molecular weight excluding hydrogens is 536 g/mol. The van der Waals surface area contributed by atoms with E-state index in [0.29, 0.717) is 23.5 Å². The van der Waals surface area contributed by atoms with Crippen molar-refractivity contribution in [2.24, 2.45) is 23.7 Å². The number of ether oxygens (including phenoxy) is 3. The predicted octanol–water partition coefficient (Wildman–Crippen LogP) is 9.12. The summed E-state index contributed by atoms with van der Waals surface area (Å²) in [4.78, 5) is 11.6. The second-order valence-corrected chi connectivity index (χ2v) is 13.0. The van der Waals surface area contributed by atoms with Gasteiger partial charge in [-0.1, -0.05) is 74.4 Å². The van der Waals surface area contributed by atoms with Gasteiger partial charge in [0.25, 0.3) is 0 Å². The van der Waals surface area contributed by atoms with Gasteiger partial charge in [-0.2, -0.15) is 0 Å². The summed E-state index contributed by atoms with van der Waals surface area (Å²) < 4.78 is 17.5. The Kier molecular flexibility index (Phi) is 10.8. The quantitative estimate of drug-likeness (QED) is 0.138. The van der Waals surface area contributed by atoms with Crippen molar-refractivity contribution in [1.82, 2.24) is 0 Å². The third-order valence-corrected chi connectivity index (χ3v) is 9.43. The highest BCUT2D eigenvalue weighted by Crippen LogP contribution is 2.54. The first-order valence-corrected chi connectivity index (χ1v) is 16.2. The SMILES string of the molecule is C=C(C)C(=O)OC1C2CC3CC(C2)CC1C3.CC(Oc1ccc(C=CC=Cc2ccc(O)cc2)cc1)OC1CCCCC1. The molecule has 2 aromatic carbocycles. The van der Waals surface area contributed by atoms with E-state index in [0.717, 1.165) is 41.6 Å². The summed E-state index contributed by atoms with van der Waals surface area (Å²) in [6.07, 6.45) is 21.1. The van der Waals surface area contributed by atoms with Gasteiger partial charge in [0, 0.05) is 5.57 Å². The zero-order chi connectivity index (χ0) is 30.2. The van der Waals surface area contributed by atoms with Crippen molar-refractivity contribution in [1.29, 1.82) is 0 Å². The molecule has 230 valence electrons. The summed E-state index contributed by atoms with van der Waals surface area (Å²) in [6.45, 7) is 7.37. The molecule has 0 saturated heterocycles. The fraction of sp³-hybridized carbons (Fsp3) is 0.500. The van der Waals surface area contributed by atoms with Crippen molar-refractivity contribution in [2.45, 2.75) is 96.6 Å². The van der Waals surface area contributed by atoms with Gasteiger partial charge in [-0.3, -0.25) is 0 Å². The van der Waals surface area contributed by atoms with Crippen LogP contribution in [0.2, 0.25) is 0 Å². The van der Waals surface area contributed by atoms with Crippen LogP contribution in [0.3, 0.4) is 0 Å². The lowest BCUT2D eigenvalue weighted by Crippen LogP contribution is -2.50. The minimum Gasteiger partial charge on any atom is -0.508 e. The summed E-state index contributed by atoms with van der Waals surface area (Å²) in [5.74, 6) is 4.10.